The van der Waals surface area contributed by atoms with Crippen LogP contribution in [-0.4, -0.2) is 50.3 Å². The lowest BCUT2D eigenvalue weighted by molar-refractivity contribution is -0.182. The van der Waals surface area contributed by atoms with Crippen molar-refractivity contribution in [2.24, 2.45) is 10.6 Å². The second-order valence-electron chi connectivity index (χ2n) is 7.84. The number of aromatic nitrogens is 3. The highest BCUT2D eigenvalue weighted by Gasteiger charge is 2.57. The van der Waals surface area contributed by atoms with Crippen LogP contribution in [0.5, 0.6) is 0 Å². The van der Waals surface area contributed by atoms with Crippen molar-refractivity contribution >= 4 is 35.1 Å². The molecule has 0 aromatic carbocycles. The minimum atomic E-state index is -4.27. The Hall–Kier alpha value is -1.23. The largest absolute Gasteiger partial charge is 0.404 e. The Kier molecular flexibility index (Phi) is 4.96. The van der Waals surface area contributed by atoms with Crippen molar-refractivity contribution in [2.45, 2.75) is 51.4 Å². The highest BCUT2D eigenvalue weighted by Crippen LogP contribution is 2.53. The third-order valence-corrected chi connectivity index (χ3v) is 6.99. The van der Waals surface area contributed by atoms with Gasteiger partial charge in [-0.3, -0.25) is 5.14 Å². The number of fused-ring (bicyclic) bond motifs is 1. The number of hydrogen-bond donors (Lipinski definition) is 1. The van der Waals surface area contributed by atoms with Gasteiger partial charge < -0.3 is 4.90 Å². The summed E-state index contributed by atoms with van der Waals surface area (Å²) in [5, 5.41) is 10.3. The van der Waals surface area contributed by atoms with Gasteiger partial charge >= 0.3 is 6.18 Å². The second kappa shape index (κ2) is 6.93. The minimum absolute atomic E-state index is 0.00348. The fourth-order valence-corrected chi connectivity index (χ4v) is 5.68. The Bertz CT molecular complexity index is 874. The molecule has 1 unspecified atom stereocenters. The number of alkyl halides is 3. The van der Waals surface area contributed by atoms with Crippen molar-refractivity contribution < 1.29 is 13.2 Å². The third kappa shape index (κ3) is 3.14. The number of anilines is 1. The normalized spacial score (nSPS) is 20.6. The minimum Gasteiger partial charge on any atom is -0.354 e. The second-order valence-corrected chi connectivity index (χ2v) is 8.86. The van der Waals surface area contributed by atoms with Crippen LogP contribution in [0.2, 0.25) is 5.15 Å². The standard InChI is InChI=1S/C17H22ClF3N6S/c1-3-12(17(19,20)21)27(28-22)11-5-16(6-11)7-25(8-16)15-14-10(2)4-13(18)26(14)24-9-23-15/h4,9,11-12H,3,5-8,22H2,1-2H3. The van der Waals surface area contributed by atoms with E-state index in [0.29, 0.717) is 30.1 Å². The summed E-state index contributed by atoms with van der Waals surface area (Å²) in [6.07, 6.45) is -1.38. The maximum Gasteiger partial charge on any atom is 0.404 e. The zero-order valence-corrected chi connectivity index (χ0v) is 17.2. The molecule has 154 valence electrons. The van der Waals surface area contributed by atoms with Gasteiger partial charge in [-0.15, -0.1) is 0 Å². The van der Waals surface area contributed by atoms with Gasteiger partial charge in [0, 0.05) is 36.7 Å². The number of rotatable bonds is 5. The maximum absolute atomic E-state index is 13.3. The molecule has 1 aliphatic carbocycles. The van der Waals surface area contributed by atoms with E-state index in [4.69, 9.17) is 16.7 Å². The molecule has 28 heavy (non-hydrogen) atoms. The van der Waals surface area contributed by atoms with E-state index < -0.39 is 12.2 Å². The predicted molar refractivity (Wildman–Crippen MR) is 104 cm³/mol. The van der Waals surface area contributed by atoms with Crippen LogP contribution < -0.4 is 10.0 Å². The van der Waals surface area contributed by atoms with Crippen LogP contribution in [0, 0.1) is 12.3 Å². The summed E-state index contributed by atoms with van der Waals surface area (Å²) in [6, 6.07) is 0.189. The molecule has 2 fully saturated rings. The monoisotopic (exact) mass is 434 g/mol. The van der Waals surface area contributed by atoms with Gasteiger partial charge in [0.25, 0.3) is 0 Å². The first-order valence-electron chi connectivity index (χ1n) is 9.15. The number of hydrogen-bond acceptors (Lipinski definition) is 6. The number of aryl methyl sites for hydroxylation is 1. The van der Waals surface area contributed by atoms with Crippen molar-refractivity contribution in [1.29, 1.82) is 0 Å². The quantitative estimate of drug-likeness (QED) is 0.722. The Morgan fingerprint density at radius 1 is 1.43 bits per heavy atom. The molecule has 0 amide bonds. The van der Waals surface area contributed by atoms with Gasteiger partial charge in [-0.25, -0.2) is 13.8 Å². The molecule has 2 N–H and O–H groups in total. The Morgan fingerprint density at radius 3 is 2.68 bits per heavy atom. The van der Waals surface area contributed by atoms with Gasteiger partial charge in [0.2, 0.25) is 0 Å². The average molecular weight is 435 g/mol. The fraction of sp³-hybridized carbons (Fsp3) is 0.647. The molecule has 2 aromatic rings. The zero-order valence-electron chi connectivity index (χ0n) is 15.6. The molecule has 1 spiro atoms. The summed E-state index contributed by atoms with van der Waals surface area (Å²) in [5.41, 5.74) is 1.91. The van der Waals surface area contributed by atoms with Crippen LogP contribution >= 0.6 is 23.7 Å². The first-order chi connectivity index (χ1) is 13.2. The molecular formula is C17H22ClF3N6S. The lowest BCUT2D eigenvalue weighted by Gasteiger charge is -2.61. The summed E-state index contributed by atoms with van der Waals surface area (Å²) in [7, 11) is 0. The smallest absolute Gasteiger partial charge is 0.354 e. The molecule has 1 saturated heterocycles. The van der Waals surface area contributed by atoms with Gasteiger partial charge in [-0.1, -0.05) is 18.5 Å². The lowest BCUT2D eigenvalue weighted by Crippen LogP contribution is -2.67. The molecule has 2 aliphatic rings. The summed E-state index contributed by atoms with van der Waals surface area (Å²) < 4.78 is 42.9. The fourth-order valence-electron chi connectivity index (χ4n) is 4.65. The average Bonchev–Trinajstić information content (AvgIpc) is 2.85. The zero-order chi connectivity index (χ0) is 20.3. The van der Waals surface area contributed by atoms with Crippen LogP contribution in [0.25, 0.3) is 5.52 Å². The Labute approximate surface area is 170 Å². The molecule has 3 heterocycles. The molecule has 1 saturated carbocycles. The molecule has 1 aliphatic heterocycles. The van der Waals surface area contributed by atoms with Crippen molar-refractivity contribution in [3.8, 4) is 0 Å². The first-order valence-corrected chi connectivity index (χ1v) is 10.4. The van der Waals surface area contributed by atoms with Gasteiger partial charge in [0.05, 0.1) is 0 Å². The van der Waals surface area contributed by atoms with Crippen LogP contribution in [0.4, 0.5) is 19.0 Å². The summed E-state index contributed by atoms with van der Waals surface area (Å²) in [6.45, 7) is 5.04. The number of nitrogens with zero attached hydrogens (tertiary/aromatic N) is 5. The first kappa shape index (κ1) is 20.1. The highest BCUT2D eigenvalue weighted by atomic mass is 35.5. The SMILES string of the molecule is CCC(N(SN)C1CC2(C1)CN(c1ncnn3c(Cl)cc(C)c13)C2)C(F)(F)F. The van der Waals surface area contributed by atoms with Crippen LogP contribution in [-0.2, 0) is 0 Å². The van der Waals surface area contributed by atoms with Crippen LogP contribution in [0.1, 0.15) is 31.7 Å². The molecule has 2 aromatic heterocycles. The van der Waals surface area contributed by atoms with Gasteiger partial charge in [-0.05, 0) is 37.8 Å². The molecule has 0 bridgehead atoms. The van der Waals surface area contributed by atoms with E-state index in [9.17, 15) is 13.2 Å². The van der Waals surface area contributed by atoms with E-state index in [0.717, 1.165) is 30.0 Å². The van der Waals surface area contributed by atoms with Gasteiger partial charge in [-0.2, -0.15) is 18.3 Å². The molecule has 0 radical (unpaired) electrons. The third-order valence-electron chi connectivity index (χ3n) is 5.92. The van der Waals surface area contributed by atoms with Crippen molar-refractivity contribution in [2.75, 3.05) is 18.0 Å². The Balaban J connectivity index is 1.45. The molecule has 4 rings (SSSR count). The topological polar surface area (TPSA) is 62.7 Å². The lowest BCUT2D eigenvalue weighted by atomic mass is 9.60. The summed E-state index contributed by atoms with van der Waals surface area (Å²) in [4.78, 5) is 6.57. The van der Waals surface area contributed by atoms with Gasteiger partial charge in [0.1, 0.15) is 23.0 Å². The number of halogens is 4. The number of nitrogens with two attached hydrogens (primary N) is 1. The van der Waals surface area contributed by atoms with Crippen molar-refractivity contribution in [1.82, 2.24) is 18.9 Å². The van der Waals surface area contributed by atoms with Crippen LogP contribution in [0.15, 0.2) is 12.4 Å². The van der Waals surface area contributed by atoms with E-state index in [2.05, 4.69) is 15.0 Å². The predicted octanol–water partition coefficient (Wildman–Crippen LogP) is 3.82. The summed E-state index contributed by atoms with van der Waals surface area (Å²) in [5.74, 6) is 0.820. The van der Waals surface area contributed by atoms with Gasteiger partial charge in [0.15, 0.2) is 5.82 Å². The van der Waals surface area contributed by atoms with E-state index in [1.54, 1.807) is 11.4 Å². The molecular weight excluding hydrogens is 413 g/mol. The van der Waals surface area contributed by atoms with E-state index in [1.807, 2.05) is 13.0 Å². The van der Waals surface area contributed by atoms with Crippen molar-refractivity contribution in [3.05, 3.63) is 23.1 Å². The summed E-state index contributed by atoms with van der Waals surface area (Å²) >= 11 is 6.92. The van der Waals surface area contributed by atoms with E-state index in [-0.39, 0.29) is 17.9 Å². The maximum atomic E-state index is 13.3. The highest BCUT2D eigenvalue weighted by molar-refractivity contribution is 7.94. The van der Waals surface area contributed by atoms with E-state index >= 15 is 0 Å². The van der Waals surface area contributed by atoms with Crippen molar-refractivity contribution in [3.63, 3.8) is 0 Å². The molecule has 11 heteroatoms. The Morgan fingerprint density at radius 2 is 2.11 bits per heavy atom. The van der Waals surface area contributed by atoms with Crippen LogP contribution in [0.3, 0.4) is 0 Å². The molecule has 6 nitrogen and oxygen atoms in total. The molecule has 1 atom stereocenters. The van der Waals surface area contributed by atoms with E-state index in [1.165, 1.54) is 10.6 Å².